The Balaban J connectivity index is 3.10. The normalized spacial score (nSPS) is 16.1. The van der Waals surface area contributed by atoms with Crippen LogP contribution in [0.5, 0.6) is 11.5 Å². The lowest BCUT2D eigenvalue weighted by Crippen LogP contribution is -2.54. The number of alkyl halides is 30. The van der Waals surface area contributed by atoms with Gasteiger partial charge in [0.2, 0.25) is 28.5 Å². The van der Waals surface area contributed by atoms with Gasteiger partial charge < -0.3 is 18.9 Å². The summed E-state index contributed by atoms with van der Waals surface area (Å²) in [7, 11) is -0.787. The summed E-state index contributed by atoms with van der Waals surface area (Å²) in [6.45, 7) is 0. The average molecular weight is 1040 g/mol. The molecule has 0 amide bonds. The monoisotopic (exact) mass is 1040 g/mol. The van der Waals surface area contributed by atoms with Gasteiger partial charge in [-0.3, -0.25) is 0 Å². The second kappa shape index (κ2) is 18.2. The molecular formula is C33H14F30O4. The largest absolute Gasteiger partial charge is 0.492 e. The summed E-state index contributed by atoms with van der Waals surface area (Å²) in [4.78, 5) is 0. The molecule has 0 saturated carbocycles. The third kappa shape index (κ3) is 12.5. The van der Waals surface area contributed by atoms with Crippen molar-refractivity contribution in [3.05, 3.63) is 105 Å². The summed E-state index contributed by atoms with van der Waals surface area (Å²) in [6.07, 6.45) is -69.8. The van der Waals surface area contributed by atoms with Crippen LogP contribution < -0.4 is 9.47 Å². The van der Waals surface area contributed by atoms with Crippen molar-refractivity contribution in [2.45, 2.75) is 67.2 Å². The van der Waals surface area contributed by atoms with Gasteiger partial charge >= 0.3 is 61.8 Å². The first-order valence-electron chi connectivity index (χ1n) is 15.9. The van der Waals surface area contributed by atoms with E-state index >= 15 is 0 Å². The van der Waals surface area contributed by atoms with E-state index in [1.54, 1.807) is 0 Å². The number of rotatable bonds is 10. The van der Waals surface area contributed by atoms with Crippen LogP contribution in [0.15, 0.2) is 93.9 Å². The Morgan fingerprint density at radius 2 is 0.478 bits per heavy atom. The fourth-order valence-corrected chi connectivity index (χ4v) is 5.52. The van der Waals surface area contributed by atoms with Gasteiger partial charge in [0, 0.05) is 0 Å². The molecule has 0 aliphatic heterocycles. The molecule has 34 heteroatoms. The van der Waals surface area contributed by atoms with Crippen molar-refractivity contribution in [3.63, 3.8) is 0 Å². The Labute approximate surface area is 349 Å². The van der Waals surface area contributed by atoms with E-state index in [0.29, 0.717) is 0 Å². The zero-order valence-corrected chi connectivity index (χ0v) is 31.1. The maximum absolute atomic E-state index is 14.7. The number of ether oxygens (including phenoxy) is 4. The third-order valence-electron chi connectivity index (χ3n) is 7.85. The molecule has 0 radical (unpaired) electrons. The molecule has 67 heavy (non-hydrogen) atoms. The van der Waals surface area contributed by atoms with E-state index < -0.39 is 198 Å². The van der Waals surface area contributed by atoms with Gasteiger partial charge in [0.15, 0.2) is 0 Å². The van der Waals surface area contributed by atoms with E-state index in [1.165, 1.54) is 0 Å². The molecule has 0 unspecified atom stereocenters. The van der Waals surface area contributed by atoms with Gasteiger partial charge in [0.1, 0.15) is 33.8 Å². The maximum Gasteiger partial charge on any atom is 0.450 e. The van der Waals surface area contributed by atoms with Crippen LogP contribution in [0.4, 0.5) is 132 Å². The van der Waals surface area contributed by atoms with Crippen molar-refractivity contribution >= 4 is 0 Å². The lowest BCUT2D eigenvalue weighted by atomic mass is 9.73. The molecule has 0 spiro atoms. The standard InChI is InChI=1S/C33H14F30O4/c1-64-19(28(46,47)48)15(24(34,35)36)17(26(40,41)42)21(30(52,53)54)66-13-7-3-11(4-8-13)23(32(58,59)60,33(61,62)63)12-5-9-14(10-6-12)67-22(31(55,56)57)18(27(43,44)45)16(25(37,38)39)20(65-2)29(49,50)51/h3-10H,1-2H3/b19-15-,20-16-,21-17-,22-18-. The van der Waals surface area contributed by atoms with E-state index in [4.69, 9.17) is 0 Å². The number of hydrogen-bond acceptors (Lipinski definition) is 4. The zero-order valence-electron chi connectivity index (χ0n) is 31.1. The van der Waals surface area contributed by atoms with E-state index in [2.05, 4.69) is 18.9 Å². The number of methoxy groups -OCH3 is 2. The van der Waals surface area contributed by atoms with Crippen molar-refractivity contribution in [1.29, 1.82) is 0 Å². The fraction of sp³-hybridized carbons (Fsp3) is 0.394. The van der Waals surface area contributed by atoms with Crippen molar-refractivity contribution < 1.29 is 151 Å². The fourth-order valence-electron chi connectivity index (χ4n) is 5.52. The molecule has 0 heterocycles. The Kier molecular flexibility index (Phi) is 15.6. The minimum absolute atomic E-state index is 0.394. The van der Waals surface area contributed by atoms with Gasteiger partial charge in [-0.05, 0) is 35.4 Å². The second-order valence-corrected chi connectivity index (χ2v) is 12.2. The van der Waals surface area contributed by atoms with Gasteiger partial charge in [0.05, 0.1) is 14.2 Å². The van der Waals surface area contributed by atoms with Crippen LogP contribution in [0.3, 0.4) is 0 Å². The summed E-state index contributed by atoms with van der Waals surface area (Å²) in [5.41, 5.74) is -27.8. The molecule has 0 aromatic heterocycles. The highest BCUT2D eigenvalue weighted by atomic mass is 19.5. The Bertz CT molecular complexity index is 2030. The van der Waals surface area contributed by atoms with Crippen LogP contribution in [0.1, 0.15) is 11.1 Å². The molecule has 0 atom stereocenters. The molecular weight excluding hydrogens is 1030 g/mol. The molecule has 0 saturated heterocycles. The van der Waals surface area contributed by atoms with Crippen molar-refractivity contribution in [2.24, 2.45) is 0 Å². The van der Waals surface area contributed by atoms with E-state index in [9.17, 15) is 132 Å². The van der Waals surface area contributed by atoms with Gasteiger partial charge in [-0.15, -0.1) is 0 Å². The highest BCUT2D eigenvalue weighted by Gasteiger charge is 2.72. The summed E-state index contributed by atoms with van der Waals surface area (Å²) in [6, 6.07) is -4.97. The first kappa shape index (κ1) is 57.6. The first-order valence-corrected chi connectivity index (χ1v) is 15.9. The number of allylic oxidation sites excluding steroid dienone is 8. The molecule has 0 N–H and O–H groups in total. The van der Waals surface area contributed by atoms with Crippen LogP contribution in [-0.4, -0.2) is 76.0 Å². The molecule has 2 aromatic rings. The second-order valence-electron chi connectivity index (χ2n) is 12.2. The molecule has 0 bridgehead atoms. The molecule has 0 fully saturated rings. The van der Waals surface area contributed by atoms with Gasteiger partial charge in [-0.2, -0.15) is 132 Å². The number of benzene rings is 2. The van der Waals surface area contributed by atoms with E-state index in [0.717, 1.165) is 0 Å². The minimum atomic E-state index is -7.19. The molecule has 2 aromatic carbocycles. The Morgan fingerprint density at radius 3 is 0.627 bits per heavy atom. The Morgan fingerprint density at radius 1 is 0.284 bits per heavy atom. The van der Waals surface area contributed by atoms with Crippen LogP contribution in [0.2, 0.25) is 0 Å². The van der Waals surface area contributed by atoms with E-state index in [-0.39, 0.29) is 0 Å². The van der Waals surface area contributed by atoms with Gasteiger partial charge in [-0.25, -0.2) is 0 Å². The van der Waals surface area contributed by atoms with Crippen LogP contribution in [0, 0.1) is 0 Å². The predicted octanol–water partition coefficient (Wildman–Crippen LogP) is 14.7. The SMILES string of the molecule is CO/C(=C(/C(=C(/Oc1ccc(C(c2ccc(O/C(=C(/C(=C(/OC)C(F)(F)F)C(F)(F)F)C(F)(F)F)C(F)(F)F)cc2)(C(F)(F)F)C(F)(F)F)cc1)C(F)(F)F)C(F)(F)F)C(F)(F)F)C(F)(F)F. The van der Waals surface area contributed by atoms with Crippen LogP contribution in [0.25, 0.3) is 0 Å². The number of halogens is 30. The average Bonchev–Trinajstić information content (AvgIpc) is 3.06. The third-order valence-corrected chi connectivity index (χ3v) is 7.85. The summed E-state index contributed by atoms with van der Waals surface area (Å²) in [5, 5.41) is 0. The maximum atomic E-state index is 14.7. The Hall–Kier alpha value is -5.50. The minimum Gasteiger partial charge on any atom is -0.492 e. The van der Waals surface area contributed by atoms with Crippen LogP contribution >= 0.6 is 0 Å². The lowest BCUT2D eigenvalue weighted by Gasteiger charge is -2.38. The molecule has 2 rings (SSSR count). The summed E-state index contributed by atoms with van der Waals surface area (Å²) < 4.78 is 431. The molecule has 0 aliphatic carbocycles. The molecule has 4 nitrogen and oxygen atoms in total. The topological polar surface area (TPSA) is 36.9 Å². The van der Waals surface area contributed by atoms with Crippen molar-refractivity contribution in [1.82, 2.24) is 0 Å². The predicted molar refractivity (Wildman–Crippen MR) is 158 cm³/mol. The van der Waals surface area contributed by atoms with Crippen LogP contribution in [-0.2, 0) is 14.9 Å². The summed E-state index contributed by atoms with van der Waals surface area (Å²) in [5.74, 6) is -20.0. The first-order chi connectivity index (χ1) is 29.5. The molecule has 0 aliphatic rings. The lowest BCUT2D eigenvalue weighted by molar-refractivity contribution is -0.288. The van der Waals surface area contributed by atoms with Crippen molar-refractivity contribution in [2.75, 3.05) is 14.2 Å². The quantitative estimate of drug-likeness (QED) is 0.135. The summed E-state index contributed by atoms with van der Waals surface area (Å²) >= 11 is 0. The molecule has 380 valence electrons. The smallest absolute Gasteiger partial charge is 0.450 e. The number of hydrogen-bond donors (Lipinski definition) is 0. The van der Waals surface area contributed by atoms with E-state index in [1.807, 2.05) is 0 Å². The van der Waals surface area contributed by atoms with Crippen molar-refractivity contribution in [3.8, 4) is 11.5 Å². The highest BCUT2D eigenvalue weighted by Crippen LogP contribution is 2.57. The zero-order chi connectivity index (χ0) is 52.9. The highest BCUT2D eigenvalue weighted by molar-refractivity contribution is 5.50. The van der Waals surface area contributed by atoms with Gasteiger partial charge in [-0.1, -0.05) is 24.3 Å². The van der Waals surface area contributed by atoms with Gasteiger partial charge in [0.25, 0.3) is 0 Å².